The lowest BCUT2D eigenvalue weighted by molar-refractivity contribution is -0.143. The molecule has 0 bridgehead atoms. The minimum Gasteiger partial charge on any atom is -0.332 e. The molecule has 0 heterocycles. The number of nitrogens with one attached hydrogen (secondary N) is 2. The maximum absolute atomic E-state index is 12.9. The van der Waals surface area contributed by atoms with Crippen LogP contribution in [0.4, 0.5) is 37.7 Å². The number of aryl methyl sites for hydroxylation is 2. The van der Waals surface area contributed by atoms with Crippen molar-refractivity contribution in [3.05, 3.63) is 58.7 Å². The maximum Gasteiger partial charge on any atom is 0.416 e. The van der Waals surface area contributed by atoms with Crippen LogP contribution in [0, 0.1) is 13.8 Å². The van der Waals surface area contributed by atoms with Crippen LogP contribution in [0.15, 0.2) is 36.4 Å². The number of benzene rings is 2. The number of alkyl halides is 6. The van der Waals surface area contributed by atoms with E-state index in [0.717, 1.165) is 11.1 Å². The van der Waals surface area contributed by atoms with Crippen molar-refractivity contribution in [3.8, 4) is 0 Å². The fraction of sp³-hybridized carbons (Fsp3) is 0.235. The van der Waals surface area contributed by atoms with Crippen LogP contribution >= 0.6 is 12.2 Å². The summed E-state index contributed by atoms with van der Waals surface area (Å²) in [6, 6.07) is 6.65. The molecule has 0 saturated heterocycles. The zero-order valence-electron chi connectivity index (χ0n) is 13.6. The first-order valence-corrected chi connectivity index (χ1v) is 7.72. The van der Waals surface area contributed by atoms with Gasteiger partial charge in [-0.1, -0.05) is 12.1 Å². The monoisotopic (exact) mass is 392 g/mol. The summed E-state index contributed by atoms with van der Waals surface area (Å²) in [5.41, 5.74) is -0.895. The van der Waals surface area contributed by atoms with Crippen LogP contribution in [-0.4, -0.2) is 5.11 Å². The number of hydrogen-bond acceptors (Lipinski definition) is 1. The van der Waals surface area contributed by atoms with E-state index < -0.39 is 29.2 Å². The number of hydrogen-bond donors (Lipinski definition) is 2. The minimum atomic E-state index is -4.92. The Balaban J connectivity index is 2.30. The van der Waals surface area contributed by atoms with Gasteiger partial charge in [-0.05, 0) is 61.5 Å². The van der Waals surface area contributed by atoms with E-state index in [1.807, 2.05) is 19.1 Å². The molecule has 9 heteroatoms. The Morgan fingerprint density at radius 1 is 0.808 bits per heavy atom. The molecule has 0 saturated carbocycles. The maximum atomic E-state index is 12.9. The second kappa shape index (κ2) is 7.14. The van der Waals surface area contributed by atoms with Gasteiger partial charge in [0.2, 0.25) is 0 Å². The average molecular weight is 392 g/mol. The highest BCUT2D eigenvalue weighted by Crippen LogP contribution is 2.37. The Labute approximate surface area is 151 Å². The molecule has 0 unspecified atom stereocenters. The number of halogens is 6. The summed E-state index contributed by atoms with van der Waals surface area (Å²) >= 11 is 5.01. The van der Waals surface area contributed by atoms with E-state index in [-0.39, 0.29) is 11.2 Å². The Morgan fingerprint density at radius 3 is 1.85 bits per heavy atom. The highest BCUT2D eigenvalue weighted by Gasteiger charge is 2.37. The van der Waals surface area contributed by atoms with Crippen molar-refractivity contribution in [3.63, 3.8) is 0 Å². The van der Waals surface area contributed by atoms with Crippen LogP contribution in [0.25, 0.3) is 0 Å². The molecule has 0 aliphatic rings. The first kappa shape index (κ1) is 20.0. The summed E-state index contributed by atoms with van der Waals surface area (Å²) in [6.45, 7) is 3.62. The lowest BCUT2D eigenvalue weighted by Gasteiger charge is -2.17. The van der Waals surface area contributed by atoms with Crippen LogP contribution in [0.1, 0.15) is 22.3 Å². The van der Waals surface area contributed by atoms with Crippen LogP contribution in [-0.2, 0) is 12.4 Å². The molecule has 2 aromatic rings. The van der Waals surface area contributed by atoms with E-state index in [1.165, 1.54) is 0 Å². The van der Waals surface area contributed by atoms with Crippen molar-refractivity contribution < 1.29 is 26.3 Å². The van der Waals surface area contributed by atoms with Gasteiger partial charge in [0.1, 0.15) is 0 Å². The molecule has 140 valence electrons. The van der Waals surface area contributed by atoms with Gasteiger partial charge in [0.15, 0.2) is 5.11 Å². The molecule has 0 aliphatic heterocycles. The van der Waals surface area contributed by atoms with Gasteiger partial charge in [-0.2, -0.15) is 26.3 Å². The Bertz CT molecular complexity index is 795. The summed E-state index contributed by atoms with van der Waals surface area (Å²) in [5, 5.41) is 5.04. The predicted octanol–water partition coefficient (Wildman–Crippen LogP) is 6.15. The van der Waals surface area contributed by atoms with E-state index in [9.17, 15) is 26.3 Å². The summed E-state index contributed by atoms with van der Waals surface area (Å²) < 4.78 is 77.2. The smallest absolute Gasteiger partial charge is 0.332 e. The van der Waals surface area contributed by atoms with E-state index in [1.54, 1.807) is 13.0 Å². The molecule has 2 rings (SSSR count). The fourth-order valence-corrected chi connectivity index (χ4v) is 2.41. The molecular formula is C17H14F6N2S. The second-order valence-electron chi connectivity index (χ2n) is 5.69. The van der Waals surface area contributed by atoms with E-state index in [2.05, 4.69) is 10.6 Å². The molecule has 0 atom stereocenters. The first-order valence-electron chi connectivity index (χ1n) is 7.31. The zero-order chi connectivity index (χ0) is 19.7. The quantitative estimate of drug-likeness (QED) is 0.474. The van der Waals surface area contributed by atoms with Gasteiger partial charge < -0.3 is 10.6 Å². The Morgan fingerprint density at radius 2 is 1.35 bits per heavy atom. The largest absolute Gasteiger partial charge is 0.416 e. The second-order valence-corrected chi connectivity index (χ2v) is 6.10. The third-order valence-corrected chi connectivity index (χ3v) is 3.69. The van der Waals surface area contributed by atoms with Crippen molar-refractivity contribution in [1.29, 1.82) is 0 Å². The number of thiocarbonyl (C=S) groups is 1. The third kappa shape index (κ3) is 5.10. The van der Waals surface area contributed by atoms with Gasteiger partial charge in [0.25, 0.3) is 0 Å². The SMILES string of the molecule is Cc1ccc(C)c(NC(=S)Nc2cc(C(F)(F)F)cc(C(F)(F)F)c2)c1. The Hall–Kier alpha value is -2.29. The van der Waals surface area contributed by atoms with Crippen molar-refractivity contribution in [1.82, 2.24) is 0 Å². The van der Waals surface area contributed by atoms with Crippen LogP contribution in [0.2, 0.25) is 0 Å². The fourth-order valence-electron chi connectivity index (χ4n) is 2.18. The predicted molar refractivity (Wildman–Crippen MR) is 92.2 cm³/mol. The van der Waals surface area contributed by atoms with Crippen molar-refractivity contribution >= 4 is 28.7 Å². The lowest BCUT2D eigenvalue weighted by Crippen LogP contribution is -2.21. The molecule has 0 radical (unpaired) electrons. The van der Waals surface area contributed by atoms with Gasteiger partial charge in [0, 0.05) is 11.4 Å². The summed E-state index contributed by atoms with van der Waals surface area (Å²) in [5.74, 6) is 0. The van der Waals surface area contributed by atoms with E-state index in [0.29, 0.717) is 17.8 Å². The van der Waals surface area contributed by atoms with Crippen molar-refractivity contribution in [2.24, 2.45) is 0 Å². The van der Waals surface area contributed by atoms with Gasteiger partial charge in [-0.15, -0.1) is 0 Å². The highest BCUT2D eigenvalue weighted by atomic mass is 32.1. The number of anilines is 2. The van der Waals surface area contributed by atoms with E-state index in [4.69, 9.17) is 12.2 Å². The minimum absolute atomic E-state index is 0.0619. The third-order valence-electron chi connectivity index (χ3n) is 3.49. The first-order chi connectivity index (χ1) is 11.9. The van der Waals surface area contributed by atoms with E-state index >= 15 is 0 Å². The molecule has 0 spiro atoms. The molecule has 2 aromatic carbocycles. The number of rotatable bonds is 2. The van der Waals surface area contributed by atoms with Gasteiger partial charge in [-0.25, -0.2) is 0 Å². The van der Waals surface area contributed by atoms with Crippen LogP contribution < -0.4 is 10.6 Å². The van der Waals surface area contributed by atoms with Gasteiger partial charge in [0.05, 0.1) is 11.1 Å². The molecule has 26 heavy (non-hydrogen) atoms. The molecule has 0 aliphatic carbocycles. The lowest BCUT2D eigenvalue weighted by atomic mass is 10.1. The topological polar surface area (TPSA) is 24.1 Å². The zero-order valence-corrected chi connectivity index (χ0v) is 14.5. The van der Waals surface area contributed by atoms with Crippen LogP contribution in [0.5, 0.6) is 0 Å². The Kier molecular flexibility index (Phi) is 5.50. The van der Waals surface area contributed by atoms with Crippen molar-refractivity contribution in [2.45, 2.75) is 26.2 Å². The van der Waals surface area contributed by atoms with Crippen molar-refractivity contribution in [2.75, 3.05) is 10.6 Å². The summed E-state index contributed by atoms with van der Waals surface area (Å²) in [6.07, 6.45) is -9.83. The molecule has 2 nitrogen and oxygen atoms in total. The van der Waals surface area contributed by atoms with Gasteiger partial charge >= 0.3 is 12.4 Å². The molecule has 0 fully saturated rings. The van der Waals surface area contributed by atoms with Gasteiger partial charge in [-0.3, -0.25) is 0 Å². The van der Waals surface area contributed by atoms with Crippen LogP contribution in [0.3, 0.4) is 0 Å². The average Bonchev–Trinajstić information content (AvgIpc) is 2.49. The highest BCUT2D eigenvalue weighted by molar-refractivity contribution is 7.80. The molecule has 0 amide bonds. The summed E-state index contributed by atoms with van der Waals surface area (Å²) in [7, 11) is 0. The summed E-state index contributed by atoms with van der Waals surface area (Å²) in [4.78, 5) is 0. The molecule has 0 aromatic heterocycles. The molecular weight excluding hydrogens is 378 g/mol. The normalized spacial score (nSPS) is 12.0. The molecule has 2 N–H and O–H groups in total. The standard InChI is InChI=1S/C17H14F6N2S/c1-9-3-4-10(2)14(5-9)25-15(26)24-13-7-11(16(18,19)20)6-12(8-13)17(21,22)23/h3-8H,1-2H3,(H2,24,25,26).